The molecular formula is C8H17NO. The second kappa shape index (κ2) is 3.35. The van der Waals surface area contributed by atoms with Gasteiger partial charge in [0.25, 0.3) is 0 Å². The van der Waals surface area contributed by atoms with Crippen molar-refractivity contribution in [2.75, 3.05) is 0 Å². The molecule has 0 bridgehead atoms. The van der Waals surface area contributed by atoms with Gasteiger partial charge < -0.3 is 10.8 Å². The van der Waals surface area contributed by atoms with E-state index in [1.807, 2.05) is 6.92 Å². The van der Waals surface area contributed by atoms with Gasteiger partial charge in [-0.05, 0) is 25.7 Å². The van der Waals surface area contributed by atoms with E-state index < -0.39 is 0 Å². The van der Waals surface area contributed by atoms with Gasteiger partial charge in [-0.25, -0.2) is 0 Å². The fourth-order valence-electron chi connectivity index (χ4n) is 1.75. The Balaban J connectivity index is 2.40. The summed E-state index contributed by atoms with van der Waals surface area (Å²) in [6.45, 7) is 1.99. The van der Waals surface area contributed by atoms with E-state index in [0.29, 0.717) is 5.92 Å². The highest BCUT2D eigenvalue weighted by Gasteiger charge is 2.25. The molecule has 3 atom stereocenters. The van der Waals surface area contributed by atoms with Crippen LogP contribution in [0.2, 0.25) is 0 Å². The Labute approximate surface area is 62.4 Å². The highest BCUT2D eigenvalue weighted by Crippen LogP contribution is 2.25. The Bertz CT molecular complexity index is 103. The van der Waals surface area contributed by atoms with Crippen LogP contribution in [0, 0.1) is 5.92 Å². The molecule has 1 unspecified atom stereocenters. The summed E-state index contributed by atoms with van der Waals surface area (Å²) in [4.78, 5) is 0. The van der Waals surface area contributed by atoms with Gasteiger partial charge in [0.05, 0.1) is 6.10 Å². The predicted molar refractivity (Wildman–Crippen MR) is 41.6 cm³/mol. The number of aliphatic hydroxyl groups excluding tert-OH is 1. The van der Waals surface area contributed by atoms with Crippen molar-refractivity contribution in [2.45, 2.75) is 44.8 Å². The standard InChI is InChI=1S/C8H17NO/c1-6(9)7-4-2-3-5-8(7)10/h6-8,10H,2-5,9H2,1H3/t6?,7-,8+/m1/s1. The molecule has 0 saturated heterocycles. The van der Waals surface area contributed by atoms with Crippen molar-refractivity contribution in [1.82, 2.24) is 0 Å². The number of aliphatic hydroxyl groups is 1. The average molecular weight is 143 g/mol. The van der Waals surface area contributed by atoms with E-state index in [1.165, 1.54) is 12.8 Å². The zero-order valence-electron chi connectivity index (χ0n) is 6.59. The summed E-state index contributed by atoms with van der Waals surface area (Å²) in [5.41, 5.74) is 5.70. The lowest BCUT2D eigenvalue weighted by molar-refractivity contribution is 0.0592. The first kappa shape index (κ1) is 8.02. The second-order valence-electron chi connectivity index (χ2n) is 3.37. The van der Waals surface area contributed by atoms with E-state index >= 15 is 0 Å². The van der Waals surface area contributed by atoms with Crippen LogP contribution < -0.4 is 5.73 Å². The molecular weight excluding hydrogens is 126 g/mol. The van der Waals surface area contributed by atoms with Gasteiger partial charge in [-0.2, -0.15) is 0 Å². The molecule has 0 heterocycles. The van der Waals surface area contributed by atoms with Crippen LogP contribution in [0.1, 0.15) is 32.6 Å². The second-order valence-corrected chi connectivity index (χ2v) is 3.37. The average Bonchev–Trinajstić information content (AvgIpc) is 1.88. The molecule has 1 aliphatic rings. The molecule has 0 aromatic carbocycles. The minimum Gasteiger partial charge on any atom is -0.393 e. The third-order valence-electron chi connectivity index (χ3n) is 2.46. The van der Waals surface area contributed by atoms with Crippen LogP contribution in [0.4, 0.5) is 0 Å². The fourth-order valence-corrected chi connectivity index (χ4v) is 1.75. The van der Waals surface area contributed by atoms with Crippen molar-refractivity contribution >= 4 is 0 Å². The van der Waals surface area contributed by atoms with Gasteiger partial charge in [-0.15, -0.1) is 0 Å². The first-order valence-corrected chi connectivity index (χ1v) is 4.15. The van der Waals surface area contributed by atoms with Crippen LogP contribution >= 0.6 is 0 Å². The molecule has 0 amide bonds. The number of nitrogens with two attached hydrogens (primary N) is 1. The predicted octanol–water partition coefficient (Wildman–Crippen LogP) is 0.885. The first-order valence-electron chi connectivity index (χ1n) is 4.15. The van der Waals surface area contributed by atoms with Crippen molar-refractivity contribution in [2.24, 2.45) is 11.7 Å². The van der Waals surface area contributed by atoms with Crippen molar-refractivity contribution in [3.05, 3.63) is 0 Å². The van der Waals surface area contributed by atoms with Gasteiger partial charge in [0, 0.05) is 6.04 Å². The summed E-state index contributed by atoms with van der Waals surface area (Å²) >= 11 is 0. The lowest BCUT2D eigenvalue weighted by Crippen LogP contribution is -2.37. The summed E-state index contributed by atoms with van der Waals surface area (Å²) in [6, 6.07) is 0.162. The third-order valence-corrected chi connectivity index (χ3v) is 2.46. The SMILES string of the molecule is CC(N)[C@H]1CCCC[C@@H]1O. The Morgan fingerprint density at radius 2 is 2.00 bits per heavy atom. The highest BCUT2D eigenvalue weighted by molar-refractivity contribution is 4.79. The van der Waals surface area contributed by atoms with Crippen molar-refractivity contribution < 1.29 is 5.11 Å². The van der Waals surface area contributed by atoms with Gasteiger partial charge in [0.15, 0.2) is 0 Å². The largest absolute Gasteiger partial charge is 0.393 e. The molecule has 1 saturated carbocycles. The minimum absolute atomic E-state index is 0.131. The third kappa shape index (κ3) is 1.70. The maximum atomic E-state index is 9.46. The molecule has 0 radical (unpaired) electrons. The van der Waals surface area contributed by atoms with Crippen molar-refractivity contribution in [3.63, 3.8) is 0 Å². The molecule has 0 aromatic rings. The van der Waals surface area contributed by atoms with E-state index in [0.717, 1.165) is 12.8 Å². The molecule has 1 fully saturated rings. The van der Waals surface area contributed by atoms with Crippen molar-refractivity contribution in [3.8, 4) is 0 Å². The Morgan fingerprint density at radius 1 is 1.40 bits per heavy atom. The van der Waals surface area contributed by atoms with Gasteiger partial charge in [0.1, 0.15) is 0 Å². The van der Waals surface area contributed by atoms with Gasteiger partial charge in [-0.3, -0.25) is 0 Å². The van der Waals surface area contributed by atoms with Gasteiger partial charge in [-0.1, -0.05) is 12.8 Å². The summed E-state index contributed by atoms with van der Waals surface area (Å²) in [6.07, 6.45) is 4.34. The van der Waals surface area contributed by atoms with Crippen LogP contribution in [-0.4, -0.2) is 17.3 Å². The minimum atomic E-state index is -0.131. The van der Waals surface area contributed by atoms with Crippen LogP contribution in [0.25, 0.3) is 0 Å². The molecule has 1 rings (SSSR count). The van der Waals surface area contributed by atoms with E-state index in [2.05, 4.69) is 0 Å². The Kier molecular flexibility index (Phi) is 2.69. The molecule has 60 valence electrons. The molecule has 0 aromatic heterocycles. The lowest BCUT2D eigenvalue weighted by Gasteiger charge is -2.30. The number of hydrogen-bond donors (Lipinski definition) is 2. The number of hydrogen-bond acceptors (Lipinski definition) is 2. The van der Waals surface area contributed by atoms with E-state index in [9.17, 15) is 5.11 Å². The van der Waals surface area contributed by atoms with Gasteiger partial charge >= 0.3 is 0 Å². The Morgan fingerprint density at radius 3 is 2.40 bits per heavy atom. The highest BCUT2D eigenvalue weighted by atomic mass is 16.3. The lowest BCUT2D eigenvalue weighted by atomic mass is 9.82. The van der Waals surface area contributed by atoms with Crippen LogP contribution in [-0.2, 0) is 0 Å². The fraction of sp³-hybridized carbons (Fsp3) is 1.00. The van der Waals surface area contributed by atoms with Crippen LogP contribution in [0.15, 0.2) is 0 Å². The molecule has 3 N–H and O–H groups in total. The van der Waals surface area contributed by atoms with E-state index in [-0.39, 0.29) is 12.1 Å². The monoisotopic (exact) mass is 143 g/mol. The topological polar surface area (TPSA) is 46.2 Å². The molecule has 10 heavy (non-hydrogen) atoms. The number of rotatable bonds is 1. The molecule has 1 aliphatic carbocycles. The summed E-state index contributed by atoms with van der Waals surface area (Å²) in [5.74, 6) is 0.355. The Hall–Kier alpha value is -0.0800. The van der Waals surface area contributed by atoms with Gasteiger partial charge in [0.2, 0.25) is 0 Å². The molecule has 0 spiro atoms. The maximum Gasteiger partial charge on any atom is 0.0583 e. The zero-order valence-corrected chi connectivity index (χ0v) is 6.59. The summed E-state index contributed by atoms with van der Waals surface area (Å²) in [7, 11) is 0. The summed E-state index contributed by atoms with van der Waals surface area (Å²) in [5, 5.41) is 9.46. The van der Waals surface area contributed by atoms with E-state index in [4.69, 9.17) is 5.73 Å². The van der Waals surface area contributed by atoms with Crippen LogP contribution in [0.5, 0.6) is 0 Å². The molecule has 2 heteroatoms. The maximum absolute atomic E-state index is 9.46. The van der Waals surface area contributed by atoms with E-state index in [1.54, 1.807) is 0 Å². The quantitative estimate of drug-likeness (QED) is 0.572. The first-order chi connectivity index (χ1) is 4.72. The molecule has 0 aliphatic heterocycles. The van der Waals surface area contributed by atoms with Crippen molar-refractivity contribution in [1.29, 1.82) is 0 Å². The smallest absolute Gasteiger partial charge is 0.0583 e. The van der Waals surface area contributed by atoms with Crippen LogP contribution in [0.3, 0.4) is 0 Å². The summed E-state index contributed by atoms with van der Waals surface area (Å²) < 4.78 is 0. The normalized spacial score (nSPS) is 37.5. The zero-order chi connectivity index (χ0) is 7.56. The molecule has 2 nitrogen and oxygen atoms in total.